The van der Waals surface area contributed by atoms with Crippen LogP contribution >= 0.6 is 0 Å². The lowest BCUT2D eigenvalue weighted by Crippen LogP contribution is -2.26. The third-order valence-corrected chi connectivity index (χ3v) is 7.21. The van der Waals surface area contributed by atoms with Crippen LogP contribution in [0.5, 0.6) is 5.75 Å². The Hall–Kier alpha value is -2.69. The summed E-state index contributed by atoms with van der Waals surface area (Å²) in [6, 6.07) is 5.72. The molecular weight excluding hydrogens is 406 g/mol. The lowest BCUT2D eigenvalue weighted by molar-refractivity contribution is -0.116. The Balaban J connectivity index is 1.54. The number of fused-ring (bicyclic) bond motifs is 1. The number of ether oxygens (including phenoxy) is 1. The first-order chi connectivity index (χ1) is 14.3. The van der Waals surface area contributed by atoms with Crippen LogP contribution < -0.4 is 20.2 Å². The second-order valence-electron chi connectivity index (χ2n) is 7.72. The number of benzene rings is 1. The van der Waals surface area contributed by atoms with Crippen molar-refractivity contribution in [3.8, 4) is 5.75 Å². The minimum atomic E-state index is -3.40. The molecule has 2 heterocycles. The number of nitrogens with zero attached hydrogens (tertiary/aromatic N) is 2. The van der Waals surface area contributed by atoms with Crippen molar-refractivity contribution in [2.75, 3.05) is 39.6 Å². The number of sulfonamides is 1. The molecule has 160 valence electrons. The topological polar surface area (TPSA) is 112 Å². The van der Waals surface area contributed by atoms with Crippen molar-refractivity contribution in [1.82, 2.24) is 15.0 Å². The molecule has 9 nitrogen and oxygen atoms in total. The van der Waals surface area contributed by atoms with Crippen LogP contribution in [0.2, 0.25) is 0 Å². The van der Waals surface area contributed by atoms with Gasteiger partial charge in [-0.25, -0.2) is 18.6 Å². The number of amides is 1. The summed E-state index contributed by atoms with van der Waals surface area (Å²) in [5, 5.41) is 6.83. The highest BCUT2D eigenvalue weighted by atomic mass is 32.2. The fraction of sp³-hybridized carbons (Fsp3) is 0.400. The number of nitrogens with one attached hydrogen (secondary N) is 3. The van der Waals surface area contributed by atoms with E-state index in [1.807, 2.05) is 44.4 Å². The second-order valence-corrected chi connectivity index (χ2v) is 9.82. The minimum Gasteiger partial charge on any atom is -0.492 e. The first-order valence-corrected chi connectivity index (χ1v) is 11.3. The molecule has 1 aliphatic carbocycles. The van der Waals surface area contributed by atoms with Crippen LogP contribution in [0.4, 0.5) is 5.69 Å². The summed E-state index contributed by atoms with van der Waals surface area (Å²) in [5.74, 6) is 0.141. The van der Waals surface area contributed by atoms with Gasteiger partial charge in [-0.05, 0) is 51.8 Å². The maximum absolute atomic E-state index is 12.4. The monoisotopic (exact) mass is 431 g/mol. The Bertz CT molecular complexity index is 1070. The number of likely N-dealkylation sites (N-methyl/N-ethyl adjacent to an activating group) is 1. The van der Waals surface area contributed by atoms with E-state index in [0.29, 0.717) is 30.0 Å². The predicted octanol–water partition coefficient (Wildman–Crippen LogP) is 0.743. The van der Waals surface area contributed by atoms with E-state index in [4.69, 9.17) is 4.74 Å². The number of carbonyl (C=O) groups is 1. The fourth-order valence-corrected chi connectivity index (χ4v) is 4.88. The van der Waals surface area contributed by atoms with Gasteiger partial charge in [-0.1, -0.05) is 6.08 Å². The third kappa shape index (κ3) is 3.98. The van der Waals surface area contributed by atoms with Crippen LogP contribution in [0, 0.1) is 5.92 Å². The lowest BCUT2D eigenvalue weighted by atomic mass is 10.0. The van der Waals surface area contributed by atoms with Gasteiger partial charge < -0.3 is 15.0 Å². The summed E-state index contributed by atoms with van der Waals surface area (Å²) in [6.45, 7) is 1.42. The molecular formula is C20H25N5O4S. The molecule has 0 saturated heterocycles. The quantitative estimate of drug-likeness (QED) is 0.549. The van der Waals surface area contributed by atoms with E-state index < -0.39 is 15.3 Å². The van der Waals surface area contributed by atoms with Crippen molar-refractivity contribution in [1.29, 1.82) is 0 Å². The van der Waals surface area contributed by atoms with Gasteiger partial charge in [-0.15, -0.1) is 0 Å². The van der Waals surface area contributed by atoms with E-state index in [2.05, 4.69) is 25.5 Å². The highest BCUT2D eigenvalue weighted by molar-refractivity contribution is 7.90. The highest BCUT2D eigenvalue weighted by Crippen LogP contribution is 2.42. The van der Waals surface area contributed by atoms with E-state index in [-0.39, 0.29) is 11.8 Å². The number of hydrogen-bond donors (Lipinski definition) is 3. The molecule has 1 amide bonds. The van der Waals surface area contributed by atoms with Crippen molar-refractivity contribution in [3.05, 3.63) is 41.1 Å². The van der Waals surface area contributed by atoms with Crippen molar-refractivity contribution in [2.24, 2.45) is 11.0 Å². The summed E-state index contributed by atoms with van der Waals surface area (Å²) < 4.78 is 32.3. The Morgan fingerprint density at radius 1 is 1.30 bits per heavy atom. The molecule has 4 rings (SSSR count). The average Bonchev–Trinajstić information content (AvgIpc) is 3.44. The number of anilines is 1. The SMILES string of the molecule is CNS(=O)(=O)C1CC1C1=NNC(=O)C1=C1C=Cc2cc(OCCN(C)C)ccc2N1. The van der Waals surface area contributed by atoms with Gasteiger partial charge in [-0.2, -0.15) is 5.10 Å². The molecule has 1 saturated carbocycles. The number of hydrogen-bond acceptors (Lipinski definition) is 7. The maximum atomic E-state index is 12.4. The zero-order valence-corrected chi connectivity index (χ0v) is 17.9. The molecule has 0 aromatic heterocycles. The summed E-state index contributed by atoms with van der Waals surface area (Å²) >= 11 is 0. The van der Waals surface area contributed by atoms with E-state index in [0.717, 1.165) is 23.5 Å². The van der Waals surface area contributed by atoms with Gasteiger partial charge in [0.15, 0.2) is 0 Å². The average molecular weight is 432 g/mol. The molecule has 2 unspecified atom stereocenters. The van der Waals surface area contributed by atoms with E-state index in [1.165, 1.54) is 7.05 Å². The maximum Gasteiger partial charge on any atom is 0.275 e. The summed E-state index contributed by atoms with van der Waals surface area (Å²) in [7, 11) is 1.98. The molecule has 0 radical (unpaired) electrons. The highest BCUT2D eigenvalue weighted by Gasteiger charge is 2.52. The van der Waals surface area contributed by atoms with Crippen LogP contribution in [0.15, 0.2) is 40.6 Å². The molecule has 0 bridgehead atoms. The van der Waals surface area contributed by atoms with Crippen LogP contribution in [0.3, 0.4) is 0 Å². The smallest absolute Gasteiger partial charge is 0.275 e. The molecule has 3 aliphatic rings. The Morgan fingerprint density at radius 2 is 2.10 bits per heavy atom. The normalized spacial score (nSPS) is 24.9. The number of hydrazone groups is 1. The van der Waals surface area contributed by atoms with Crippen LogP contribution in [-0.4, -0.2) is 64.5 Å². The van der Waals surface area contributed by atoms with Gasteiger partial charge in [0.05, 0.1) is 22.2 Å². The molecule has 3 N–H and O–H groups in total. The van der Waals surface area contributed by atoms with E-state index >= 15 is 0 Å². The molecule has 30 heavy (non-hydrogen) atoms. The van der Waals surface area contributed by atoms with E-state index in [1.54, 1.807) is 0 Å². The van der Waals surface area contributed by atoms with Gasteiger partial charge in [-0.3, -0.25) is 4.79 Å². The second kappa shape index (κ2) is 7.86. The zero-order chi connectivity index (χ0) is 21.5. The van der Waals surface area contributed by atoms with Crippen molar-refractivity contribution in [3.63, 3.8) is 0 Å². The van der Waals surface area contributed by atoms with Crippen molar-refractivity contribution < 1.29 is 17.9 Å². The van der Waals surface area contributed by atoms with Gasteiger partial charge in [0, 0.05) is 23.7 Å². The zero-order valence-electron chi connectivity index (χ0n) is 17.1. The molecule has 2 aliphatic heterocycles. The summed E-state index contributed by atoms with van der Waals surface area (Å²) in [4.78, 5) is 14.5. The summed E-state index contributed by atoms with van der Waals surface area (Å²) in [6.07, 6.45) is 4.16. The molecule has 10 heteroatoms. The number of allylic oxidation sites excluding steroid dienone is 1. The fourth-order valence-electron chi connectivity index (χ4n) is 3.56. The molecule has 1 aromatic rings. The minimum absolute atomic E-state index is 0.298. The number of carbonyl (C=O) groups excluding carboxylic acids is 1. The Labute approximate surface area is 175 Å². The number of rotatable bonds is 7. The summed E-state index contributed by atoms with van der Waals surface area (Å²) in [5.41, 5.74) is 5.74. The van der Waals surface area contributed by atoms with Gasteiger partial charge in [0.1, 0.15) is 12.4 Å². The van der Waals surface area contributed by atoms with Crippen LogP contribution in [-0.2, 0) is 14.8 Å². The third-order valence-electron chi connectivity index (χ3n) is 5.33. The van der Waals surface area contributed by atoms with Gasteiger partial charge in [0.25, 0.3) is 5.91 Å². The Morgan fingerprint density at radius 3 is 2.83 bits per heavy atom. The van der Waals surface area contributed by atoms with Gasteiger partial charge in [0.2, 0.25) is 10.0 Å². The first-order valence-electron chi connectivity index (χ1n) is 9.72. The molecule has 2 atom stereocenters. The van der Waals surface area contributed by atoms with Crippen LogP contribution in [0.1, 0.15) is 12.0 Å². The largest absolute Gasteiger partial charge is 0.492 e. The lowest BCUT2D eigenvalue weighted by Gasteiger charge is -2.19. The van der Waals surface area contributed by atoms with Crippen molar-refractivity contribution in [2.45, 2.75) is 11.7 Å². The first kappa shape index (κ1) is 20.6. The predicted molar refractivity (Wildman–Crippen MR) is 116 cm³/mol. The standard InChI is InChI=1S/C20H25N5O4S/c1-21-30(27,28)17-11-14(17)19-18(20(26)24-23-19)16-6-4-12-10-13(5-7-15(12)22-16)29-9-8-25(2)3/h4-7,10,14,17,21-22H,8-9,11H2,1-3H3,(H,24,26). The van der Waals surface area contributed by atoms with Crippen molar-refractivity contribution >= 4 is 33.4 Å². The Kier molecular flexibility index (Phi) is 5.39. The molecule has 0 spiro atoms. The van der Waals surface area contributed by atoms with Gasteiger partial charge >= 0.3 is 0 Å². The molecule has 1 fully saturated rings. The van der Waals surface area contributed by atoms with Crippen LogP contribution in [0.25, 0.3) is 6.08 Å². The van der Waals surface area contributed by atoms with E-state index in [9.17, 15) is 13.2 Å². The molecule has 1 aromatic carbocycles.